The van der Waals surface area contributed by atoms with E-state index >= 15 is 0 Å². The lowest BCUT2D eigenvalue weighted by molar-refractivity contribution is -0.131. The second-order valence-corrected chi connectivity index (χ2v) is 9.09. The third-order valence-electron chi connectivity index (χ3n) is 5.24. The summed E-state index contributed by atoms with van der Waals surface area (Å²) in [5.74, 6) is 0.735. The Hall–Kier alpha value is -2.16. The molecule has 0 radical (unpaired) electrons. The van der Waals surface area contributed by atoms with Crippen LogP contribution in [0.4, 0.5) is 0 Å². The molecule has 1 aliphatic heterocycles. The van der Waals surface area contributed by atoms with Crippen LogP contribution in [0.25, 0.3) is 0 Å². The Balaban J connectivity index is 1.54. The molecular weight excluding hydrogens is 378 g/mol. The number of piperazine rings is 1. The minimum atomic E-state index is -3.54. The molecule has 2 aromatic rings. The topological polar surface area (TPSA) is 82.9 Å². The number of benzene rings is 1. The Morgan fingerprint density at radius 3 is 2.46 bits per heavy atom. The van der Waals surface area contributed by atoms with Crippen LogP contribution >= 0.6 is 0 Å². The van der Waals surface area contributed by atoms with Crippen molar-refractivity contribution >= 4 is 15.9 Å². The number of hydrogen-bond acceptors (Lipinski definition) is 5. The molecule has 1 atom stereocenters. The summed E-state index contributed by atoms with van der Waals surface area (Å²) < 4.78 is 32.5. The van der Waals surface area contributed by atoms with Crippen LogP contribution in [-0.2, 0) is 14.8 Å². The molecular formula is C20H27N3O4S. The van der Waals surface area contributed by atoms with Gasteiger partial charge in [0.05, 0.1) is 23.7 Å². The average Bonchev–Trinajstić information content (AvgIpc) is 3.23. The first-order valence-electron chi connectivity index (χ1n) is 9.41. The first-order valence-corrected chi connectivity index (χ1v) is 10.8. The summed E-state index contributed by atoms with van der Waals surface area (Å²) in [4.78, 5) is 14.5. The fourth-order valence-electron chi connectivity index (χ4n) is 3.19. The highest BCUT2D eigenvalue weighted by Gasteiger charge is 2.30. The van der Waals surface area contributed by atoms with Crippen molar-refractivity contribution in [2.75, 3.05) is 32.7 Å². The summed E-state index contributed by atoms with van der Waals surface area (Å²) >= 11 is 0. The van der Waals surface area contributed by atoms with Gasteiger partial charge in [0.15, 0.2) is 0 Å². The van der Waals surface area contributed by atoms with Crippen molar-refractivity contribution in [2.45, 2.75) is 31.7 Å². The third kappa shape index (κ3) is 4.45. The highest BCUT2D eigenvalue weighted by atomic mass is 32.2. The van der Waals surface area contributed by atoms with Crippen molar-refractivity contribution in [3.05, 3.63) is 53.5 Å². The molecule has 1 saturated heterocycles. The lowest BCUT2D eigenvalue weighted by Gasteiger charge is -2.34. The summed E-state index contributed by atoms with van der Waals surface area (Å²) in [6.45, 7) is 7.35. The molecule has 1 aromatic carbocycles. The Bertz CT molecular complexity index is 917. The van der Waals surface area contributed by atoms with Gasteiger partial charge in [0, 0.05) is 26.2 Å². The highest BCUT2D eigenvalue weighted by Crippen LogP contribution is 2.20. The smallest absolute Gasteiger partial charge is 0.243 e. The lowest BCUT2D eigenvalue weighted by Crippen LogP contribution is -2.52. The van der Waals surface area contributed by atoms with Crippen LogP contribution in [0.15, 0.2) is 45.9 Å². The predicted octanol–water partition coefficient (Wildman–Crippen LogP) is 2.08. The van der Waals surface area contributed by atoms with Crippen LogP contribution in [0.1, 0.15) is 29.9 Å². The summed E-state index contributed by atoms with van der Waals surface area (Å²) in [7, 11) is -3.54. The molecule has 1 N–H and O–H groups in total. The number of aryl methyl sites for hydroxylation is 2. The second-order valence-electron chi connectivity index (χ2n) is 7.15. The SMILES string of the molecule is Cc1ccc(S(=O)(=O)N2CCN(C(=O)CN[C@@H](C)c3ccco3)CC2)cc1C. The van der Waals surface area contributed by atoms with E-state index in [-0.39, 0.29) is 18.5 Å². The number of furan rings is 1. The normalized spacial score (nSPS) is 16.9. The number of carbonyl (C=O) groups is 1. The zero-order valence-electron chi connectivity index (χ0n) is 16.5. The Kier molecular flexibility index (Phi) is 6.22. The number of rotatable bonds is 6. The van der Waals surface area contributed by atoms with Crippen molar-refractivity contribution in [3.8, 4) is 0 Å². The quantitative estimate of drug-likeness (QED) is 0.796. The monoisotopic (exact) mass is 405 g/mol. The van der Waals surface area contributed by atoms with Crippen molar-refractivity contribution < 1.29 is 17.6 Å². The number of nitrogens with zero attached hydrogens (tertiary/aromatic N) is 2. The largest absolute Gasteiger partial charge is 0.468 e. The predicted molar refractivity (Wildman–Crippen MR) is 106 cm³/mol. The molecule has 1 aromatic heterocycles. The Morgan fingerprint density at radius 2 is 1.86 bits per heavy atom. The van der Waals surface area contributed by atoms with E-state index in [1.165, 1.54) is 4.31 Å². The van der Waals surface area contributed by atoms with Gasteiger partial charge in [0.1, 0.15) is 5.76 Å². The maximum atomic E-state index is 12.9. The van der Waals surface area contributed by atoms with Gasteiger partial charge < -0.3 is 9.32 Å². The Morgan fingerprint density at radius 1 is 1.14 bits per heavy atom. The van der Waals surface area contributed by atoms with Crippen molar-refractivity contribution in [1.82, 2.24) is 14.5 Å². The molecule has 152 valence electrons. The average molecular weight is 406 g/mol. The van der Waals surface area contributed by atoms with Gasteiger partial charge in [-0.05, 0) is 56.2 Å². The minimum Gasteiger partial charge on any atom is -0.468 e. The molecule has 1 fully saturated rings. The van der Waals surface area contributed by atoms with Gasteiger partial charge in [-0.15, -0.1) is 0 Å². The van der Waals surface area contributed by atoms with E-state index in [4.69, 9.17) is 4.42 Å². The lowest BCUT2D eigenvalue weighted by atomic mass is 10.1. The van der Waals surface area contributed by atoms with Gasteiger partial charge >= 0.3 is 0 Å². The molecule has 0 saturated carbocycles. The van der Waals surface area contributed by atoms with E-state index in [1.54, 1.807) is 23.3 Å². The maximum Gasteiger partial charge on any atom is 0.243 e. The Labute approximate surface area is 166 Å². The van der Waals surface area contributed by atoms with E-state index in [1.807, 2.05) is 39.0 Å². The van der Waals surface area contributed by atoms with E-state index in [0.29, 0.717) is 31.1 Å². The van der Waals surface area contributed by atoms with Gasteiger partial charge in [-0.2, -0.15) is 4.31 Å². The molecule has 8 heteroatoms. The number of carbonyl (C=O) groups excluding carboxylic acids is 1. The summed E-state index contributed by atoms with van der Waals surface area (Å²) in [5.41, 5.74) is 2.01. The zero-order valence-corrected chi connectivity index (χ0v) is 17.3. The fraction of sp³-hybridized carbons (Fsp3) is 0.450. The molecule has 0 unspecified atom stereocenters. The first-order chi connectivity index (χ1) is 13.3. The van der Waals surface area contributed by atoms with E-state index in [2.05, 4.69) is 5.32 Å². The number of hydrogen-bond donors (Lipinski definition) is 1. The van der Waals surface area contributed by atoms with Crippen LogP contribution in [0, 0.1) is 13.8 Å². The summed E-state index contributed by atoms with van der Waals surface area (Å²) in [6.07, 6.45) is 1.60. The number of sulfonamides is 1. The molecule has 3 rings (SSSR count). The summed E-state index contributed by atoms with van der Waals surface area (Å²) in [5, 5.41) is 3.14. The molecule has 0 bridgehead atoms. The second kappa shape index (κ2) is 8.46. The van der Waals surface area contributed by atoms with E-state index < -0.39 is 10.0 Å². The summed E-state index contributed by atoms with van der Waals surface area (Å²) in [6, 6.07) is 8.79. The van der Waals surface area contributed by atoms with Crippen LogP contribution < -0.4 is 5.32 Å². The van der Waals surface area contributed by atoms with E-state index in [9.17, 15) is 13.2 Å². The van der Waals surface area contributed by atoms with Crippen LogP contribution in [0.2, 0.25) is 0 Å². The van der Waals surface area contributed by atoms with Crippen LogP contribution in [-0.4, -0.2) is 56.3 Å². The van der Waals surface area contributed by atoms with Crippen molar-refractivity contribution in [2.24, 2.45) is 0 Å². The van der Waals surface area contributed by atoms with Crippen LogP contribution in [0.3, 0.4) is 0 Å². The molecule has 1 aliphatic rings. The van der Waals surface area contributed by atoms with Gasteiger partial charge in [0.2, 0.25) is 15.9 Å². The zero-order chi connectivity index (χ0) is 20.3. The van der Waals surface area contributed by atoms with Crippen molar-refractivity contribution in [1.29, 1.82) is 0 Å². The van der Waals surface area contributed by atoms with Crippen LogP contribution in [0.5, 0.6) is 0 Å². The molecule has 7 nitrogen and oxygen atoms in total. The highest BCUT2D eigenvalue weighted by molar-refractivity contribution is 7.89. The molecule has 0 aliphatic carbocycles. The molecule has 2 heterocycles. The third-order valence-corrected chi connectivity index (χ3v) is 7.13. The number of nitrogens with one attached hydrogen (secondary N) is 1. The van der Waals surface area contributed by atoms with Gasteiger partial charge in [-0.3, -0.25) is 10.1 Å². The maximum absolute atomic E-state index is 12.9. The van der Waals surface area contributed by atoms with Gasteiger partial charge in [0.25, 0.3) is 0 Å². The molecule has 1 amide bonds. The van der Waals surface area contributed by atoms with Gasteiger partial charge in [-0.1, -0.05) is 6.07 Å². The standard InChI is InChI=1S/C20H27N3O4S/c1-15-6-7-18(13-16(15)2)28(25,26)23-10-8-22(9-11-23)20(24)14-21-17(3)19-5-4-12-27-19/h4-7,12-13,17,21H,8-11,14H2,1-3H3/t17-/m0/s1. The molecule has 28 heavy (non-hydrogen) atoms. The number of amides is 1. The van der Waals surface area contributed by atoms with Crippen molar-refractivity contribution in [3.63, 3.8) is 0 Å². The van der Waals surface area contributed by atoms with E-state index in [0.717, 1.165) is 16.9 Å². The molecule has 0 spiro atoms. The first kappa shape index (κ1) is 20.6. The van der Waals surface area contributed by atoms with Gasteiger partial charge in [-0.25, -0.2) is 8.42 Å². The minimum absolute atomic E-state index is 0.0402. The fourth-order valence-corrected chi connectivity index (χ4v) is 4.70.